The molecule has 0 saturated heterocycles. The zero-order valence-electron chi connectivity index (χ0n) is 31.8. The lowest BCUT2D eigenvalue weighted by atomic mass is 9.86. The van der Waals surface area contributed by atoms with Crippen LogP contribution < -0.4 is 4.74 Å². The van der Waals surface area contributed by atoms with Crippen molar-refractivity contribution in [1.82, 2.24) is 4.90 Å². The molecular formula is C29H35NO2. The number of hydrogen-bond acceptors (Lipinski definition) is 2. The highest BCUT2D eigenvalue weighted by molar-refractivity contribution is 5.78. The topological polar surface area (TPSA) is 29.5 Å². The number of carbonyl (C=O) groups is 1. The Morgan fingerprint density at radius 2 is 1.56 bits per heavy atom. The van der Waals surface area contributed by atoms with E-state index in [9.17, 15) is 4.79 Å². The molecule has 3 rings (SSSR count). The fraction of sp³-hybridized carbons (Fsp3) is 0.345. The van der Waals surface area contributed by atoms with Gasteiger partial charge >= 0.3 is 0 Å². The van der Waals surface area contributed by atoms with E-state index in [0.29, 0.717) is 16.7 Å². The Balaban J connectivity index is 2.30. The van der Waals surface area contributed by atoms with Gasteiger partial charge in [0.2, 0.25) is 5.91 Å². The van der Waals surface area contributed by atoms with Crippen molar-refractivity contribution in [3.05, 3.63) is 101 Å². The smallest absolute Gasteiger partial charge is 0.223 e. The molecule has 3 heteroatoms. The van der Waals surface area contributed by atoms with Gasteiger partial charge in [-0.05, 0) is 51.5 Å². The zero-order valence-corrected chi connectivity index (χ0v) is 17.8. The molecule has 0 heterocycles. The summed E-state index contributed by atoms with van der Waals surface area (Å²) in [6.07, 6.45) is -0.908. The number of rotatable bonds is 9. The number of carbonyl (C=O) groups excluding carboxylic acids is 1. The minimum atomic E-state index is -4.15. The van der Waals surface area contributed by atoms with Crippen LogP contribution in [0.4, 0.5) is 0 Å². The molecule has 3 nitrogen and oxygen atoms in total. The molecular weight excluding hydrogens is 394 g/mol. The van der Waals surface area contributed by atoms with Crippen molar-refractivity contribution in [3.63, 3.8) is 0 Å². The summed E-state index contributed by atoms with van der Waals surface area (Å²) < 4.78 is 119. The monoisotopic (exact) mass is 443 g/mol. The van der Waals surface area contributed by atoms with Crippen LogP contribution in [0.1, 0.15) is 81.2 Å². The Kier molecular flexibility index (Phi) is 3.84. The summed E-state index contributed by atoms with van der Waals surface area (Å²) >= 11 is 0. The first-order valence-corrected chi connectivity index (χ1v) is 10.1. The largest absolute Gasteiger partial charge is 0.489 e. The average molecular weight is 444 g/mol. The van der Waals surface area contributed by atoms with E-state index in [4.69, 9.17) is 23.9 Å². The van der Waals surface area contributed by atoms with E-state index in [0.717, 1.165) is 5.56 Å². The molecule has 0 aliphatic rings. The molecule has 0 aliphatic carbocycles. The van der Waals surface area contributed by atoms with Crippen LogP contribution in [0.25, 0.3) is 0 Å². The van der Waals surface area contributed by atoms with E-state index in [-0.39, 0.29) is 12.4 Å². The Labute approximate surface area is 212 Å². The first-order valence-electron chi connectivity index (χ1n) is 17.1. The van der Waals surface area contributed by atoms with Crippen molar-refractivity contribution < 1.29 is 28.7 Å². The maximum Gasteiger partial charge on any atom is 0.223 e. The quantitative estimate of drug-likeness (QED) is 0.366. The van der Waals surface area contributed by atoms with Gasteiger partial charge in [0.1, 0.15) is 12.4 Å². The maximum atomic E-state index is 14.4. The van der Waals surface area contributed by atoms with Crippen LogP contribution in [-0.4, -0.2) is 22.8 Å². The third-order valence-electron chi connectivity index (χ3n) is 5.06. The Morgan fingerprint density at radius 3 is 2.19 bits per heavy atom. The van der Waals surface area contributed by atoms with Crippen LogP contribution in [0.15, 0.2) is 78.9 Å². The van der Waals surface area contributed by atoms with Crippen LogP contribution >= 0.6 is 0 Å². The number of nitrogens with zero attached hydrogens (tertiary/aromatic N) is 1. The summed E-state index contributed by atoms with van der Waals surface area (Å²) in [7, 11) is 0. The fourth-order valence-corrected chi connectivity index (χ4v) is 3.53. The number of aryl methyl sites for hydroxylation is 1. The van der Waals surface area contributed by atoms with E-state index in [1.807, 2.05) is 30.3 Å². The molecule has 168 valence electrons. The van der Waals surface area contributed by atoms with Crippen molar-refractivity contribution in [3.8, 4) is 5.75 Å². The SMILES string of the molecule is [2H]C([2H])([2H])C([2H])(N(C(=O)C[C@H](c1ccccc1)c1cc(C)ccc1OCc1ccccc1)C([2H])(C([2H])([2H])[2H])C([2H])([2H])[2H])C([2H])([2H])[2H]. The van der Waals surface area contributed by atoms with Gasteiger partial charge in [0.05, 0.1) is 2.74 Å². The lowest BCUT2D eigenvalue weighted by Gasteiger charge is -2.32. The third-order valence-corrected chi connectivity index (χ3v) is 5.06. The Morgan fingerprint density at radius 1 is 0.938 bits per heavy atom. The van der Waals surface area contributed by atoms with Gasteiger partial charge in [-0.2, -0.15) is 0 Å². The van der Waals surface area contributed by atoms with Gasteiger partial charge in [0, 0.05) is 46.4 Å². The molecule has 0 aliphatic heterocycles. The second-order valence-corrected chi connectivity index (χ2v) is 7.41. The number of ether oxygens (including phenoxy) is 1. The molecule has 0 radical (unpaired) electrons. The first kappa shape index (κ1) is 11.2. The summed E-state index contributed by atoms with van der Waals surface area (Å²) in [5, 5.41) is 0. The Hall–Kier alpha value is -3.07. The van der Waals surface area contributed by atoms with Gasteiger partial charge in [0.25, 0.3) is 0 Å². The van der Waals surface area contributed by atoms with Crippen molar-refractivity contribution in [2.75, 3.05) is 0 Å². The van der Waals surface area contributed by atoms with Gasteiger partial charge in [-0.25, -0.2) is 0 Å². The fourth-order valence-electron chi connectivity index (χ4n) is 3.53. The van der Waals surface area contributed by atoms with Crippen LogP contribution in [0.2, 0.25) is 0 Å². The molecule has 32 heavy (non-hydrogen) atoms. The van der Waals surface area contributed by atoms with Gasteiger partial charge < -0.3 is 9.64 Å². The van der Waals surface area contributed by atoms with Crippen LogP contribution in [-0.2, 0) is 11.4 Å². The van der Waals surface area contributed by atoms with Gasteiger partial charge in [-0.1, -0.05) is 78.4 Å². The average Bonchev–Trinajstić information content (AvgIpc) is 2.94. The van der Waals surface area contributed by atoms with Crippen molar-refractivity contribution in [2.24, 2.45) is 0 Å². The number of hydrogen-bond donors (Lipinski definition) is 0. The third kappa shape index (κ3) is 6.00. The molecule has 1 amide bonds. The Bertz CT molecular complexity index is 1420. The second-order valence-electron chi connectivity index (χ2n) is 7.41. The lowest BCUT2D eigenvalue weighted by molar-refractivity contribution is -0.135. The van der Waals surface area contributed by atoms with Gasteiger partial charge in [-0.3, -0.25) is 4.79 Å². The molecule has 0 aromatic heterocycles. The molecule has 0 unspecified atom stereocenters. The highest BCUT2D eigenvalue weighted by Crippen LogP contribution is 2.36. The normalized spacial score (nSPS) is 20.8. The first-order chi connectivity index (χ1) is 21.0. The predicted molar refractivity (Wildman–Crippen MR) is 132 cm³/mol. The van der Waals surface area contributed by atoms with E-state index in [1.54, 1.807) is 55.5 Å². The van der Waals surface area contributed by atoms with E-state index in [2.05, 4.69) is 0 Å². The lowest BCUT2D eigenvalue weighted by Crippen LogP contribution is -2.42. The van der Waals surface area contributed by atoms with Crippen LogP contribution in [0.5, 0.6) is 5.75 Å². The molecule has 0 spiro atoms. The van der Waals surface area contributed by atoms with E-state index >= 15 is 0 Å². The predicted octanol–water partition coefficient (Wildman–Crippen LogP) is 6.74. The van der Waals surface area contributed by atoms with Gasteiger partial charge in [-0.15, -0.1) is 0 Å². The van der Waals surface area contributed by atoms with Crippen molar-refractivity contribution >= 4 is 5.91 Å². The maximum absolute atomic E-state index is 14.4. The summed E-state index contributed by atoms with van der Waals surface area (Å²) in [4.78, 5) is 13.8. The molecule has 1 atom stereocenters. The molecule has 0 fully saturated rings. The molecule has 3 aromatic rings. The minimum Gasteiger partial charge on any atom is -0.489 e. The minimum absolute atomic E-state index is 0.111. The number of amides is 1. The highest BCUT2D eigenvalue weighted by atomic mass is 16.5. The van der Waals surface area contributed by atoms with Crippen LogP contribution in [0.3, 0.4) is 0 Å². The number of benzene rings is 3. The summed E-state index contributed by atoms with van der Waals surface area (Å²) in [6.45, 7) is -14.0. The second kappa shape index (κ2) is 11.0. The summed E-state index contributed by atoms with van der Waals surface area (Å²) in [5.74, 6) is -2.44. The zero-order chi connectivity index (χ0) is 34.9. The summed E-state index contributed by atoms with van der Waals surface area (Å²) in [6, 6.07) is 14.1. The highest BCUT2D eigenvalue weighted by Gasteiger charge is 2.27. The van der Waals surface area contributed by atoms with E-state index < -0.39 is 62.6 Å². The molecule has 0 saturated carbocycles. The van der Waals surface area contributed by atoms with Crippen LogP contribution in [0, 0.1) is 6.92 Å². The van der Waals surface area contributed by atoms with Gasteiger partial charge in [0.15, 0.2) is 0 Å². The van der Waals surface area contributed by atoms with E-state index in [1.165, 1.54) is 0 Å². The van der Waals surface area contributed by atoms with Crippen molar-refractivity contribution in [1.29, 1.82) is 0 Å². The standard InChI is InChI=1S/C29H35NO2/c1-21(2)30(22(3)4)29(31)19-26(25-14-10-7-11-15-25)27-18-23(5)16-17-28(27)32-20-24-12-8-6-9-13-24/h6-18,21-22,26H,19-20H2,1-5H3/t26-/m1/s1/i1D3,2D3,3D3,4D3,21D,22D. The van der Waals surface area contributed by atoms with Crippen molar-refractivity contribution in [2.45, 2.75) is 65.3 Å². The molecule has 0 bridgehead atoms. The molecule has 3 aromatic carbocycles. The molecule has 0 N–H and O–H groups in total. The summed E-state index contributed by atoms with van der Waals surface area (Å²) in [5.41, 5.74) is 2.33.